The number of alkyl halides is 3. The van der Waals surface area contributed by atoms with Crippen molar-refractivity contribution in [2.75, 3.05) is 6.54 Å². The van der Waals surface area contributed by atoms with Gasteiger partial charge in [-0.25, -0.2) is 4.98 Å². The lowest BCUT2D eigenvalue weighted by molar-refractivity contribution is -0.138. The standard InChI is InChI=1S/C16H17ClF3N3O3/c1-9-13(15(26)21-6-4-2-3-5-12(24)25)23-8-10(16(18,19)20)7-11(17)14(23)22-9/h7-8H,2-6H2,1H3,(H,21,26)(H,24,25). The van der Waals surface area contributed by atoms with E-state index in [1.807, 2.05) is 0 Å². The summed E-state index contributed by atoms with van der Waals surface area (Å²) in [4.78, 5) is 26.8. The number of imidazole rings is 1. The second-order valence-corrected chi connectivity index (χ2v) is 6.18. The summed E-state index contributed by atoms with van der Waals surface area (Å²) in [7, 11) is 0. The first kappa shape index (κ1) is 20.0. The highest BCUT2D eigenvalue weighted by molar-refractivity contribution is 6.33. The summed E-state index contributed by atoms with van der Waals surface area (Å²) in [5.74, 6) is -1.45. The number of rotatable bonds is 7. The number of aryl methyl sites for hydroxylation is 1. The maximum Gasteiger partial charge on any atom is 0.417 e. The van der Waals surface area contributed by atoms with Crippen molar-refractivity contribution in [3.05, 3.63) is 34.2 Å². The van der Waals surface area contributed by atoms with Gasteiger partial charge in [0.05, 0.1) is 16.3 Å². The summed E-state index contributed by atoms with van der Waals surface area (Å²) in [6.07, 6.45) is -2.09. The monoisotopic (exact) mass is 391 g/mol. The molecule has 0 radical (unpaired) electrons. The zero-order valence-corrected chi connectivity index (χ0v) is 14.6. The quantitative estimate of drug-likeness (QED) is 0.705. The van der Waals surface area contributed by atoms with Crippen LogP contribution in [0.25, 0.3) is 5.65 Å². The molecule has 6 nitrogen and oxygen atoms in total. The Morgan fingerprint density at radius 2 is 2.00 bits per heavy atom. The maximum atomic E-state index is 13.0. The van der Waals surface area contributed by atoms with Crippen LogP contribution in [0.3, 0.4) is 0 Å². The van der Waals surface area contributed by atoms with Crippen LogP contribution in [0.5, 0.6) is 0 Å². The molecule has 0 saturated carbocycles. The molecule has 0 unspecified atom stereocenters. The lowest BCUT2D eigenvalue weighted by atomic mass is 10.2. The predicted molar refractivity (Wildman–Crippen MR) is 88.4 cm³/mol. The number of carboxylic acid groups (broad SMARTS) is 1. The Morgan fingerprint density at radius 3 is 2.62 bits per heavy atom. The summed E-state index contributed by atoms with van der Waals surface area (Å²) in [5, 5.41) is 11.0. The van der Waals surface area contributed by atoms with Crippen LogP contribution in [0.2, 0.25) is 5.02 Å². The van der Waals surface area contributed by atoms with Gasteiger partial charge in [-0.15, -0.1) is 0 Å². The van der Waals surface area contributed by atoms with Gasteiger partial charge in [-0.2, -0.15) is 13.2 Å². The van der Waals surface area contributed by atoms with Gasteiger partial charge < -0.3 is 10.4 Å². The van der Waals surface area contributed by atoms with E-state index in [-0.39, 0.29) is 35.0 Å². The number of aliphatic carboxylic acids is 1. The summed E-state index contributed by atoms with van der Waals surface area (Å²) in [6.45, 7) is 1.79. The van der Waals surface area contributed by atoms with E-state index >= 15 is 0 Å². The highest BCUT2D eigenvalue weighted by Gasteiger charge is 2.32. The van der Waals surface area contributed by atoms with Crippen molar-refractivity contribution in [1.82, 2.24) is 14.7 Å². The Labute approximate surface area is 152 Å². The van der Waals surface area contributed by atoms with Gasteiger partial charge in [0.2, 0.25) is 0 Å². The molecule has 0 aliphatic heterocycles. The van der Waals surface area contributed by atoms with E-state index in [0.29, 0.717) is 19.3 Å². The van der Waals surface area contributed by atoms with E-state index in [1.165, 1.54) is 6.92 Å². The Morgan fingerprint density at radius 1 is 1.31 bits per heavy atom. The minimum atomic E-state index is -4.60. The number of unbranched alkanes of at least 4 members (excludes halogenated alkanes) is 2. The van der Waals surface area contributed by atoms with Gasteiger partial charge in [-0.1, -0.05) is 18.0 Å². The van der Waals surface area contributed by atoms with Crippen molar-refractivity contribution in [3.8, 4) is 0 Å². The SMILES string of the molecule is Cc1nc2c(Cl)cc(C(F)(F)F)cn2c1C(=O)NCCCCCC(=O)O. The van der Waals surface area contributed by atoms with Crippen molar-refractivity contribution in [2.24, 2.45) is 0 Å². The van der Waals surface area contributed by atoms with E-state index in [1.54, 1.807) is 0 Å². The summed E-state index contributed by atoms with van der Waals surface area (Å²) < 4.78 is 40.0. The topological polar surface area (TPSA) is 83.7 Å². The number of carboxylic acids is 1. The van der Waals surface area contributed by atoms with Gasteiger partial charge in [-0.3, -0.25) is 14.0 Å². The van der Waals surface area contributed by atoms with Crippen molar-refractivity contribution in [1.29, 1.82) is 0 Å². The fourth-order valence-electron chi connectivity index (χ4n) is 2.51. The number of fused-ring (bicyclic) bond motifs is 1. The van der Waals surface area contributed by atoms with Crippen molar-refractivity contribution in [3.63, 3.8) is 0 Å². The molecule has 2 aromatic rings. The molecule has 0 saturated heterocycles. The maximum absolute atomic E-state index is 13.0. The van der Waals surface area contributed by atoms with Gasteiger partial charge in [0, 0.05) is 19.2 Å². The van der Waals surface area contributed by atoms with Crippen molar-refractivity contribution < 1.29 is 27.9 Å². The molecule has 0 spiro atoms. The molecule has 0 atom stereocenters. The van der Waals surface area contributed by atoms with Crippen molar-refractivity contribution >= 4 is 29.1 Å². The molecule has 2 heterocycles. The zero-order chi connectivity index (χ0) is 19.5. The first-order chi connectivity index (χ1) is 12.1. The Bertz CT molecular complexity index is 833. The third kappa shape index (κ3) is 4.66. The molecule has 2 N–H and O–H groups in total. The normalized spacial score (nSPS) is 11.7. The van der Waals surface area contributed by atoms with E-state index in [4.69, 9.17) is 16.7 Å². The molecule has 0 fully saturated rings. The number of nitrogens with one attached hydrogen (secondary N) is 1. The molecule has 0 aliphatic carbocycles. The first-order valence-corrected chi connectivity index (χ1v) is 8.24. The van der Waals surface area contributed by atoms with Crippen LogP contribution in [-0.4, -0.2) is 32.9 Å². The lowest BCUT2D eigenvalue weighted by Gasteiger charge is -2.10. The largest absolute Gasteiger partial charge is 0.481 e. The number of aromatic nitrogens is 2. The Hall–Kier alpha value is -2.29. The van der Waals surface area contributed by atoms with Crippen LogP contribution in [-0.2, 0) is 11.0 Å². The molecular weight excluding hydrogens is 375 g/mol. The van der Waals surface area contributed by atoms with E-state index in [0.717, 1.165) is 16.7 Å². The second kappa shape index (κ2) is 7.94. The van der Waals surface area contributed by atoms with E-state index in [9.17, 15) is 22.8 Å². The number of carbonyl (C=O) groups excluding carboxylic acids is 1. The van der Waals surface area contributed by atoms with Crippen LogP contribution in [0, 0.1) is 6.92 Å². The van der Waals surface area contributed by atoms with Crippen LogP contribution in [0.15, 0.2) is 12.3 Å². The second-order valence-electron chi connectivity index (χ2n) is 5.77. The van der Waals surface area contributed by atoms with E-state index < -0.39 is 23.6 Å². The number of hydrogen-bond donors (Lipinski definition) is 2. The third-order valence-electron chi connectivity index (χ3n) is 3.74. The highest BCUT2D eigenvalue weighted by atomic mass is 35.5. The number of hydrogen-bond acceptors (Lipinski definition) is 3. The fraction of sp³-hybridized carbons (Fsp3) is 0.438. The molecule has 0 aromatic carbocycles. The summed E-state index contributed by atoms with van der Waals surface area (Å²) in [5.41, 5.74) is -0.660. The molecule has 1 amide bonds. The fourth-order valence-corrected chi connectivity index (χ4v) is 2.76. The summed E-state index contributed by atoms with van der Waals surface area (Å²) >= 11 is 5.88. The molecular formula is C16H17ClF3N3O3. The smallest absolute Gasteiger partial charge is 0.417 e. The van der Waals surface area contributed by atoms with Crippen LogP contribution in [0.4, 0.5) is 13.2 Å². The molecule has 142 valence electrons. The summed E-state index contributed by atoms with van der Waals surface area (Å²) in [6, 6.07) is 0.771. The lowest BCUT2D eigenvalue weighted by Crippen LogP contribution is -2.26. The Kier molecular flexibility index (Phi) is 6.12. The minimum Gasteiger partial charge on any atom is -0.481 e. The van der Waals surface area contributed by atoms with Gasteiger partial charge in [0.25, 0.3) is 5.91 Å². The molecule has 10 heteroatoms. The highest BCUT2D eigenvalue weighted by Crippen LogP contribution is 2.33. The molecule has 0 bridgehead atoms. The third-order valence-corrected chi connectivity index (χ3v) is 4.02. The first-order valence-electron chi connectivity index (χ1n) is 7.86. The van der Waals surface area contributed by atoms with Gasteiger partial charge in [0.15, 0.2) is 5.65 Å². The Balaban J connectivity index is 2.15. The number of carbonyl (C=O) groups is 2. The van der Waals surface area contributed by atoms with Gasteiger partial charge >= 0.3 is 12.1 Å². The molecule has 2 rings (SSSR count). The van der Waals surface area contributed by atoms with Crippen LogP contribution < -0.4 is 5.32 Å². The number of halogens is 4. The van der Waals surface area contributed by atoms with Gasteiger partial charge in [-0.05, 0) is 25.8 Å². The van der Waals surface area contributed by atoms with E-state index in [2.05, 4.69) is 10.3 Å². The van der Waals surface area contributed by atoms with Gasteiger partial charge in [0.1, 0.15) is 5.69 Å². The average Bonchev–Trinajstić information content (AvgIpc) is 2.86. The molecule has 0 aliphatic rings. The number of amides is 1. The number of nitrogens with zero attached hydrogens (tertiary/aromatic N) is 2. The van der Waals surface area contributed by atoms with Crippen LogP contribution >= 0.6 is 11.6 Å². The molecule has 2 aromatic heterocycles. The molecule has 26 heavy (non-hydrogen) atoms. The number of pyridine rings is 1. The van der Waals surface area contributed by atoms with Crippen LogP contribution in [0.1, 0.15) is 47.4 Å². The van der Waals surface area contributed by atoms with Crippen molar-refractivity contribution in [2.45, 2.75) is 38.8 Å². The average molecular weight is 392 g/mol. The predicted octanol–water partition coefficient (Wildman–Crippen LogP) is 3.69. The minimum absolute atomic E-state index is 0.0152. The zero-order valence-electron chi connectivity index (χ0n) is 13.9.